The fraction of sp³-hybridized carbons (Fsp3) is 0.400. The highest BCUT2D eigenvalue weighted by Gasteiger charge is 2.32. The minimum atomic E-state index is -0.573. The molecule has 0 aromatic heterocycles. The Hall–Kier alpha value is -3.98. The van der Waals surface area contributed by atoms with E-state index >= 15 is 0 Å². The molecule has 9 heteroatoms. The Labute approximate surface area is 229 Å². The predicted octanol–water partition coefficient (Wildman–Crippen LogP) is 3.03. The zero-order valence-electron chi connectivity index (χ0n) is 22.2. The summed E-state index contributed by atoms with van der Waals surface area (Å²) >= 11 is 0. The van der Waals surface area contributed by atoms with Gasteiger partial charge in [-0.15, -0.1) is 0 Å². The smallest absolute Gasteiger partial charge is 0.330 e. The molecule has 3 N–H and O–H groups in total. The van der Waals surface area contributed by atoms with Crippen molar-refractivity contribution in [3.05, 3.63) is 77.9 Å². The molecule has 0 spiro atoms. The minimum Gasteiger partial charge on any atom is -0.463 e. The van der Waals surface area contributed by atoms with E-state index in [1.165, 1.54) is 6.08 Å². The monoisotopic (exact) mass is 532 g/mol. The standard InChI is InChI=1S/C30H36N4O5/c1-2-39-27(35)15-14-23(19-22-16-17-31-28(22)36)32-29(37)24-11-6-7-12-25(24)33-30(38)26-13-8-18-34(26)20-21-9-4-3-5-10-21/h3-7,9-12,14-15,22-23,26H,2,8,13,16-20H2,1H3,(H,31,36)(H,32,37)(H,33,38)/b15-14+/t22?,23-,26+/m1/s1. The number of carbonyl (C=O) groups is 4. The van der Waals surface area contributed by atoms with E-state index in [1.54, 1.807) is 37.3 Å². The van der Waals surface area contributed by atoms with Gasteiger partial charge < -0.3 is 20.7 Å². The Bertz CT molecular complexity index is 1200. The summed E-state index contributed by atoms with van der Waals surface area (Å²) in [6.45, 7) is 4.05. The highest BCUT2D eigenvalue weighted by molar-refractivity contribution is 6.05. The molecular formula is C30H36N4O5. The third kappa shape index (κ3) is 7.77. The van der Waals surface area contributed by atoms with Crippen molar-refractivity contribution in [1.82, 2.24) is 15.5 Å². The van der Waals surface area contributed by atoms with Crippen LogP contribution < -0.4 is 16.0 Å². The van der Waals surface area contributed by atoms with E-state index in [9.17, 15) is 19.2 Å². The summed E-state index contributed by atoms with van der Waals surface area (Å²) < 4.78 is 4.96. The second-order valence-electron chi connectivity index (χ2n) is 9.85. The quantitative estimate of drug-likeness (QED) is 0.303. The van der Waals surface area contributed by atoms with Crippen molar-refractivity contribution in [2.24, 2.45) is 5.92 Å². The number of para-hydroxylation sites is 1. The summed E-state index contributed by atoms with van der Waals surface area (Å²) in [5.74, 6) is -1.41. The van der Waals surface area contributed by atoms with Gasteiger partial charge in [-0.1, -0.05) is 48.5 Å². The van der Waals surface area contributed by atoms with Crippen LogP contribution in [0, 0.1) is 5.92 Å². The van der Waals surface area contributed by atoms with Crippen molar-refractivity contribution in [2.45, 2.75) is 51.2 Å². The SMILES string of the molecule is CCOC(=O)/C=C/[C@H](CC1CCNC1=O)NC(=O)c1ccccc1NC(=O)[C@@H]1CCCN1Cc1ccccc1. The highest BCUT2D eigenvalue weighted by atomic mass is 16.5. The lowest BCUT2D eigenvalue weighted by Gasteiger charge is -2.24. The lowest BCUT2D eigenvalue weighted by molar-refractivity contribution is -0.137. The zero-order chi connectivity index (χ0) is 27.6. The summed E-state index contributed by atoms with van der Waals surface area (Å²) in [6.07, 6.45) is 5.51. The molecule has 39 heavy (non-hydrogen) atoms. The average Bonchev–Trinajstić information content (AvgIpc) is 3.57. The summed E-state index contributed by atoms with van der Waals surface area (Å²) in [6, 6.07) is 16.0. The fourth-order valence-corrected chi connectivity index (χ4v) is 5.13. The number of amides is 3. The van der Waals surface area contributed by atoms with Crippen LogP contribution in [0.3, 0.4) is 0 Å². The fourth-order valence-electron chi connectivity index (χ4n) is 5.13. The van der Waals surface area contributed by atoms with Crippen molar-refractivity contribution in [2.75, 3.05) is 25.0 Å². The molecule has 2 saturated heterocycles. The largest absolute Gasteiger partial charge is 0.463 e. The Morgan fingerprint density at radius 3 is 2.62 bits per heavy atom. The number of hydrogen-bond donors (Lipinski definition) is 3. The van der Waals surface area contributed by atoms with E-state index < -0.39 is 17.9 Å². The number of ether oxygens (including phenoxy) is 1. The van der Waals surface area contributed by atoms with Crippen LogP contribution in [0.2, 0.25) is 0 Å². The number of anilines is 1. The number of nitrogens with one attached hydrogen (secondary N) is 3. The minimum absolute atomic E-state index is 0.0666. The van der Waals surface area contributed by atoms with Crippen LogP contribution in [0.5, 0.6) is 0 Å². The van der Waals surface area contributed by atoms with Crippen LogP contribution in [0.25, 0.3) is 0 Å². The molecule has 3 atom stereocenters. The van der Waals surface area contributed by atoms with E-state index in [0.717, 1.165) is 24.9 Å². The first-order chi connectivity index (χ1) is 18.9. The van der Waals surface area contributed by atoms with Crippen LogP contribution in [-0.4, -0.2) is 60.4 Å². The number of likely N-dealkylation sites (tertiary alicyclic amines) is 1. The molecule has 1 unspecified atom stereocenters. The van der Waals surface area contributed by atoms with Gasteiger partial charge in [0.05, 0.1) is 23.9 Å². The van der Waals surface area contributed by atoms with Gasteiger partial charge >= 0.3 is 5.97 Å². The van der Waals surface area contributed by atoms with Crippen LogP contribution in [-0.2, 0) is 25.7 Å². The van der Waals surface area contributed by atoms with Crippen LogP contribution in [0.15, 0.2) is 66.7 Å². The van der Waals surface area contributed by atoms with E-state index in [0.29, 0.717) is 37.2 Å². The molecule has 9 nitrogen and oxygen atoms in total. The van der Waals surface area contributed by atoms with Crippen molar-refractivity contribution in [3.63, 3.8) is 0 Å². The maximum atomic E-state index is 13.4. The van der Waals surface area contributed by atoms with Crippen molar-refractivity contribution < 1.29 is 23.9 Å². The second kappa shape index (κ2) is 13.7. The van der Waals surface area contributed by atoms with Crippen molar-refractivity contribution in [1.29, 1.82) is 0 Å². The molecule has 0 radical (unpaired) electrons. The normalized spacial score (nSPS) is 20.0. The summed E-state index contributed by atoms with van der Waals surface area (Å²) in [5.41, 5.74) is 1.87. The van der Waals surface area contributed by atoms with Gasteiger partial charge in [0.25, 0.3) is 5.91 Å². The van der Waals surface area contributed by atoms with Gasteiger partial charge in [-0.3, -0.25) is 19.3 Å². The molecule has 2 aromatic rings. The lowest BCUT2D eigenvalue weighted by Crippen LogP contribution is -2.40. The topological polar surface area (TPSA) is 117 Å². The van der Waals surface area contributed by atoms with Gasteiger partial charge in [0.15, 0.2) is 0 Å². The molecule has 206 valence electrons. The van der Waals surface area contributed by atoms with Crippen LogP contribution in [0.1, 0.15) is 48.5 Å². The molecular weight excluding hydrogens is 496 g/mol. The van der Waals surface area contributed by atoms with E-state index in [-0.39, 0.29) is 30.4 Å². The first-order valence-corrected chi connectivity index (χ1v) is 13.6. The summed E-state index contributed by atoms with van der Waals surface area (Å²) in [4.78, 5) is 52.9. The molecule has 0 aliphatic carbocycles. The third-order valence-electron chi connectivity index (χ3n) is 7.09. The van der Waals surface area contributed by atoms with Gasteiger partial charge in [-0.2, -0.15) is 0 Å². The predicted molar refractivity (Wildman–Crippen MR) is 148 cm³/mol. The molecule has 2 aliphatic rings. The number of esters is 1. The summed E-state index contributed by atoms with van der Waals surface area (Å²) in [5, 5.41) is 8.70. The molecule has 2 fully saturated rings. The molecule has 0 saturated carbocycles. The van der Waals surface area contributed by atoms with Gasteiger partial charge in [-0.25, -0.2) is 4.79 Å². The molecule has 2 aromatic carbocycles. The molecule has 2 aliphatic heterocycles. The van der Waals surface area contributed by atoms with Gasteiger partial charge in [-0.05, 0) is 56.8 Å². The number of nitrogens with zero attached hydrogens (tertiary/aromatic N) is 1. The highest BCUT2D eigenvalue weighted by Crippen LogP contribution is 2.24. The Kier molecular flexibility index (Phi) is 9.85. The number of rotatable bonds is 11. The Morgan fingerprint density at radius 1 is 1.10 bits per heavy atom. The maximum absolute atomic E-state index is 13.4. The molecule has 2 heterocycles. The molecule has 4 rings (SSSR count). The van der Waals surface area contributed by atoms with Crippen LogP contribution in [0.4, 0.5) is 5.69 Å². The molecule has 0 bridgehead atoms. The number of hydrogen-bond acceptors (Lipinski definition) is 6. The zero-order valence-corrected chi connectivity index (χ0v) is 22.2. The Balaban J connectivity index is 1.45. The second-order valence-corrected chi connectivity index (χ2v) is 9.85. The van der Waals surface area contributed by atoms with Gasteiger partial charge in [0, 0.05) is 31.1 Å². The first kappa shape index (κ1) is 28.0. The first-order valence-electron chi connectivity index (χ1n) is 13.6. The van der Waals surface area contributed by atoms with Crippen molar-refractivity contribution >= 4 is 29.4 Å². The van der Waals surface area contributed by atoms with E-state index in [1.807, 2.05) is 18.2 Å². The average molecular weight is 533 g/mol. The number of carbonyl (C=O) groups excluding carboxylic acids is 4. The van der Waals surface area contributed by atoms with Crippen LogP contribution >= 0.6 is 0 Å². The maximum Gasteiger partial charge on any atom is 0.330 e. The van der Waals surface area contributed by atoms with Gasteiger partial charge in [0.2, 0.25) is 11.8 Å². The summed E-state index contributed by atoms with van der Waals surface area (Å²) in [7, 11) is 0. The number of benzene rings is 2. The van der Waals surface area contributed by atoms with Crippen molar-refractivity contribution in [3.8, 4) is 0 Å². The molecule has 3 amide bonds. The lowest BCUT2D eigenvalue weighted by atomic mass is 9.97. The van der Waals surface area contributed by atoms with E-state index in [2.05, 4.69) is 33.0 Å². The van der Waals surface area contributed by atoms with E-state index in [4.69, 9.17) is 4.74 Å². The third-order valence-corrected chi connectivity index (χ3v) is 7.09. The van der Waals surface area contributed by atoms with Gasteiger partial charge in [0.1, 0.15) is 0 Å². The Morgan fingerprint density at radius 2 is 1.87 bits per heavy atom.